The zero-order valence-corrected chi connectivity index (χ0v) is 24.7. The first-order valence-corrected chi connectivity index (χ1v) is 16.3. The molecule has 0 atom stereocenters. The van der Waals surface area contributed by atoms with E-state index in [1.807, 2.05) is 0 Å². The number of alkyl halides is 3. The van der Waals surface area contributed by atoms with E-state index in [9.17, 15) is 21.6 Å². The molecule has 43 heavy (non-hydrogen) atoms. The van der Waals surface area contributed by atoms with Gasteiger partial charge < -0.3 is 25.1 Å². The number of rotatable bonds is 7. The maximum Gasteiger partial charge on any atom is 0.406 e. The van der Waals surface area contributed by atoms with Crippen LogP contribution in [0.4, 0.5) is 24.5 Å². The summed E-state index contributed by atoms with van der Waals surface area (Å²) < 4.78 is 77.0. The van der Waals surface area contributed by atoms with Crippen LogP contribution in [-0.4, -0.2) is 75.3 Å². The number of sulfone groups is 1. The zero-order chi connectivity index (χ0) is 30.4. The fourth-order valence-corrected chi connectivity index (χ4v) is 7.08. The maximum absolute atomic E-state index is 13.3. The molecule has 0 unspecified atom stereocenters. The van der Waals surface area contributed by atoms with Crippen LogP contribution in [0.5, 0.6) is 5.75 Å². The van der Waals surface area contributed by atoms with E-state index in [1.165, 1.54) is 6.07 Å². The number of benzene rings is 2. The molecule has 0 bridgehead atoms. The molecule has 2 aromatic carbocycles. The predicted octanol–water partition coefficient (Wildman–Crippen LogP) is 4.68. The summed E-state index contributed by atoms with van der Waals surface area (Å²) in [5.41, 5.74) is 7.84. The summed E-state index contributed by atoms with van der Waals surface area (Å²) >= 11 is 0. The molecule has 1 aliphatic carbocycles. The Bertz CT molecular complexity index is 1670. The minimum Gasteiger partial charge on any atom is -0.479 e. The van der Waals surface area contributed by atoms with E-state index in [1.54, 1.807) is 36.4 Å². The van der Waals surface area contributed by atoms with E-state index in [4.69, 9.17) is 15.2 Å². The number of nitrogens with two attached hydrogens (primary N) is 1. The van der Waals surface area contributed by atoms with Gasteiger partial charge in [0.1, 0.15) is 18.9 Å². The molecule has 2 saturated heterocycles. The van der Waals surface area contributed by atoms with Crippen LogP contribution in [0.25, 0.3) is 10.9 Å². The summed E-state index contributed by atoms with van der Waals surface area (Å²) in [6.07, 6.45) is 0.716. The Labute approximate surface area is 249 Å². The monoisotopic (exact) mass is 616 g/mol. The number of aromatic nitrogens is 1. The Morgan fingerprint density at radius 2 is 1.86 bits per heavy atom. The Balaban J connectivity index is 1.14. The van der Waals surface area contributed by atoms with Gasteiger partial charge in [-0.25, -0.2) is 8.42 Å². The third-order valence-electron chi connectivity index (χ3n) is 8.68. The van der Waals surface area contributed by atoms with Crippen molar-refractivity contribution in [2.45, 2.75) is 55.4 Å². The first-order valence-electron chi connectivity index (χ1n) is 14.4. The second-order valence-corrected chi connectivity index (χ2v) is 14.1. The van der Waals surface area contributed by atoms with Crippen LogP contribution in [0.3, 0.4) is 0 Å². The van der Waals surface area contributed by atoms with Crippen LogP contribution < -0.4 is 15.8 Å². The lowest BCUT2D eigenvalue weighted by Gasteiger charge is -2.58. The van der Waals surface area contributed by atoms with Gasteiger partial charge in [0, 0.05) is 47.9 Å². The molecular weight excluding hydrogens is 581 g/mol. The number of nitrogens with zero attached hydrogens (tertiary/aromatic N) is 2. The molecule has 2 aliphatic heterocycles. The van der Waals surface area contributed by atoms with Crippen molar-refractivity contribution in [1.29, 1.82) is 0 Å². The van der Waals surface area contributed by atoms with E-state index in [2.05, 4.69) is 22.1 Å². The minimum atomic E-state index is -4.44. The van der Waals surface area contributed by atoms with E-state index in [0.717, 1.165) is 62.8 Å². The van der Waals surface area contributed by atoms with Gasteiger partial charge in [0.2, 0.25) is 0 Å². The van der Waals surface area contributed by atoms with Gasteiger partial charge in [-0.3, -0.25) is 4.90 Å². The van der Waals surface area contributed by atoms with Crippen molar-refractivity contribution in [2.24, 2.45) is 5.41 Å². The average Bonchev–Trinajstić information content (AvgIpc) is 3.23. The van der Waals surface area contributed by atoms with Crippen molar-refractivity contribution < 1.29 is 31.1 Å². The molecule has 1 aromatic heterocycles. The Morgan fingerprint density at radius 3 is 2.51 bits per heavy atom. The first-order chi connectivity index (χ1) is 20.4. The molecule has 3 aromatic rings. The van der Waals surface area contributed by atoms with Crippen LogP contribution in [0.15, 0.2) is 47.4 Å². The number of likely N-dealkylation sites (tertiary alicyclic amines) is 1. The molecule has 8 nitrogen and oxygen atoms in total. The number of nitrogen functional groups attached to an aromatic ring is 1. The van der Waals surface area contributed by atoms with Crippen molar-refractivity contribution in [1.82, 2.24) is 9.47 Å². The molecule has 230 valence electrons. The number of anilines is 2. The summed E-state index contributed by atoms with van der Waals surface area (Å²) in [5, 5.41) is 3.99. The Hall–Kier alpha value is -3.40. The van der Waals surface area contributed by atoms with Crippen LogP contribution in [0, 0.1) is 17.3 Å². The molecule has 6 rings (SSSR count). The molecular formula is C31H35F3N4O4S. The molecule has 0 radical (unpaired) electrons. The zero-order valence-electron chi connectivity index (χ0n) is 23.9. The number of halogens is 3. The third kappa shape index (κ3) is 6.44. The Morgan fingerprint density at radius 1 is 1.12 bits per heavy atom. The first kappa shape index (κ1) is 29.7. The smallest absolute Gasteiger partial charge is 0.406 e. The molecule has 3 aliphatic rings. The Kier molecular flexibility index (Phi) is 7.77. The molecule has 3 fully saturated rings. The van der Waals surface area contributed by atoms with Crippen molar-refractivity contribution in [2.75, 3.05) is 50.2 Å². The second-order valence-electron chi connectivity index (χ2n) is 12.1. The molecule has 1 saturated carbocycles. The number of nitrogens with one attached hydrogen (secondary N) is 1. The SMILES string of the molecule is CS(=O)(=O)c1ccc(OCC#Cc2cc3c(N)cccc3n2CC(F)(F)F)c(NC2CCC(N3CC4(COC4)C3)CC2)c1. The van der Waals surface area contributed by atoms with Crippen LogP contribution in [-0.2, 0) is 21.1 Å². The van der Waals surface area contributed by atoms with E-state index >= 15 is 0 Å². The lowest BCUT2D eigenvalue weighted by Crippen LogP contribution is -2.68. The van der Waals surface area contributed by atoms with Crippen LogP contribution >= 0.6 is 0 Å². The maximum atomic E-state index is 13.3. The molecule has 3 N–H and O–H groups in total. The lowest BCUT2D eigenvalue weighted by atomic mass is 9.75. The summed E-state index contributed by atoms with van der Waals surface area (Å²) in [5.74, 6) is 6.05. The third-order valence-corrected chi connectivity index (χ3v) is 9.79. The summed E-state index contributed by atoms with van der Waals surface area (Å²) in [6, 6.07) is 11.7. The fraction of sp³-hybridized carbons (Fsp3) is 0.484. The standard InChI is InChI=1S/C31H35F3N4O4S/c1-43(39,40)24-11-12-29(27(15-24)36-21-7-9-22(10-8-21)37-16-30(17-37)19-41-20-30)42-13-3-4-23-14-25-26(35)5-2-6-28(25)38(23)18-31(32,33)34/h2,5-6,11-12,14-15,21-22,36H,7-10,13,16-20,35H2,1H3. The van der Waals surface area contributed by atoms with Gasteiger partial charge in [0.15, 0.2) is 9.84 Å². The topological polar surface area (TPSA) is 98.8 Å². The van der Waals surface area contributed by atoms with Crippen LogP contribution in [0.1, 0.15) is 31.4 Å². The van der Waals surface area contributed by atoms with Crippen molar-refractivity contribution in [3.63, 3.8) is 0 Å². The highest BCUT2D eigenvalue weighted by atomic mass is 32.2. The van der Waals surface area contributed by atoms with Crippen molar-refractivity contribution in [3.05, 3.63) is 48.2 Å². The largest absolute Gasteiger partial charge is 0.479 e. The molecule has 3 heterocycles. The van der Waals surface area contributed by atoms with E-state index in [-0.39, 0.29) is 23.2 Å². The van der Waals surface area contributed by atoms with E-state index < -0.39 is 22.6 Å². The van der Waals surface area contributed by atoms with Gasteiger partial charge in [0.25, 0.3) is 0 Å². The molecule has 12 heteroatoms. The summed E-state index contributed by atoms with van der Waals surface area (Å²) in [7, 11) is -3.45. The van der Waals surface area contributed by atoms with Gasteiger partial charge in [-0.2, -0.15) is 13.2 Å². The number of hydrogen-bond donors (Lipinski definition) is 2. The van der Waals surface area contributed by atoms with Gasteiger partial charge in [-0.15, -0.1) is 0 Å². The quantitative estimate of drug-likeness (QED) is 0.294. The normalized spacial score (nSPS) is 22.0. The highest BCUT2D eigenvalue weighted by Gasteiger charge is 2.50. The summed E-state index contributed by atoms with van der Waals surface area (Å²) in [4.78, 5) is 2.73. The number of fused-ring (bicyclic) bond motifs is 1. The minimum absolute atomic E-state index is 0.108. The fourth-order valence-electron chi connectivity index (χ4n) is 6.43. The number of hydrogen-bond acceptors (Lipinski definition) is 7. The number of ether oxygens (including phenoxy) is 2. The average molecular weight is 617 g/mol. The van der Waals surface area contributed by atoms with Crippen molar-refractivity contribution in [3.8, 4) is 17.6 Å². The van der Waals surface area contributed by atoms with E-state index in [0.29, 0.717) is 39.5 Å². The van der Waals surface area contributed by atoms with Crippen molar-refractivity contribution >= 4 is 32.1 Å². The van der Waals surface area contributed by atoms with Gasteiger partial charge in [-0.05, 0) is 68.0 Å². The van der Waals surface area contributed by atoms with Gasteiger partial charge in [0.05, 0.1) is 35.0 Å². The highest BCUT2D eigenvalue weighted by molar-refractivity contribution is 7.90. The second kappa shape index (κ2) is 11.3. The lowest BCUT2D eigenvalue weighted by molar-refractivity contribution is -0.200. The summed E-state index contributed by atoms with van der Waals surface area (Å²) in [6.45, 7) is 2.65. The predicted molar refractivity (Wildman–Crippen MR) is 159 cm³/mol. The van der Waals surface area contributed by atoms with Gasteiger partial charge in [-0.1, -0.05) is 12.0 Å². The molecule has 1 spiro atoms. The highest BCUT2D eigenvalue weighted by Crippen LogP contribution is 2.41. The molecule has 0 amide bonds. The van der Waals surface area contributed by atoms with Gasteiger partial charge >= 0.3 is 6.18 Å². The van der Waals surface area contributed by atoms with Crippen LogP contribution in [0.2, 0.25) is 0 Å².